The van der Waals surface area contributed by atoms with Crippen molar-refractivity contribution < 1.29 is 19.1 Å². The van der Waals surface area contributed by atoms with E-state index in [-0.39, 0.29) is 11.8 Å². The molecule has 1 aliphatic rings. The van der Waals surface area contributed by atoms with Crippen molar-refractivity contribution in [1.29, 1.82) is 0 Å². The molecule has 182 valence electrons. The van der Waals surface area contributed by atoms with Crippen molar-refractivity contribution in [2.75, 3.05) is 50.1 Å². The van der Waals surface area contributed by atoms with Crippen molar-refractivity contribution in [2.24, 2.45) is 0 Å². The third-order valence-electron chi connectivity index (χ3n) is 6.03. The first-order chi connectivity index (χ1) is 17.0. The Bertz CT molecular complexity index is 1190. The van der Waals surface area contributed by atoms with Gasteiger partial charge in [0.2, 0.25) is 0 Å². The lowest BCUT2D eigenvalue weighted by Gasteiger charge is -2.26. The Kier molecular flexibility index (Phi) is 8.13. The number of hydrogen-bond donors (Lipinski definition) is 2. The predicted molar refractivity (Wildman–Crippen MR) is 137 cm³/mol. The number of amides is 2. The molecule has 0 saturated carbocycles. The van der Waals surface area contributed by atoms with Crippen molar-refractivity contribution in [2.45, 2.75) is 13.8 Å². The molecule has 0 atom stereocenters. The van der Waals surface area contributed by atoms with Crippen LogP contribution in [0.2, 0.25) is 0 Å². The van der Waals surface area contributed by atoms with Gasteiger partial charge in [0, 0.05) is 36.4 Å². The summed E-state index contributed by atoms with van der Waals surface area (Å²) >= 11 is 0. The van der Waals surface area contributed by atoms with Crippen LogP contribution in [0.4, 0.5) is 11.4 Å². The van der Waals surface area contributed by atoms with Crippen LogP contribution in [0, 0.1) is 13.8 Å². The topological polar surface area (TPSA) is 79.9 Å². The summed E-state index contributed by atoms with van der Waals surface area (Å²) in [5.41, 5.74) is 4.02. The quantitative estimate of drug-likeness (QED) is 0.503. The maximum absolute atomic E-state index is 13.0. The fourth-order valence-corrected chi connectivity index (χ4v) is 3.98. The number of morpholine rings is 1. The molecule has 7 nitrogen and oxygen atoms in total. The minimum atomic E-state index is -0.233. The molecule has 1 aliphatic heterocycles. The Morgan fingerprint density at radius 1 is 0.857 bits per heavy atom. The largest absolute Gasteiger partial charge is 0.490 e. The standard InChI is InChI=1S/C28H31N3O4/c1-20-7-3-5-9-23(20)27(32)29-22-11-12-26(35-18-15-31-13-16-34-17-14-31)25(19-22)30-28(33)24-10-6-4-8-21(24)2/h3-12,19H,13-18H2,1-2H3,(H,29,32)(H,30,33). The van der Waals surface area contributed by atoms with Gasteiger partial charge in [-0.25, -0.2) is 0 Å². The van der Waals surface area contributed by atoms with E-state index in [4.69, 9.17) is 9.47 Å². The zero-order valence-corrected chi connectivity index (χ0v) is 20.2. The van der Waals surface area contributed by atoms with Crippen LogP contribution in [0.3, 0.4) is 0 Å². The maximum Gasteiger partial charge on any atom is 0.256 e. The minimum absolute atomic E-state index is 0.208. The van der Waals surface area contributed by atoms with Crippen LogP contribution in [0.5, 0.6) is 5.75 Å². The third-order valence-corrected chi connectivity index (χ3v) is 6.03. The lowest BCUT2D eigenvalue weighted by atomic mass is 10.1. The molecule has 4 rings (SSSR count). The fourth-order valence-electron chi connectivity index (χ4n) is 3.98. The Balaban J connectivity index is 1.52. The van der Waals surface area contributed by atoms with Gasteiger partial charge in [-0.2, -0.15) is 0 Å². The molecule has 0 spiro atoms. The number of rotatable bonds is 8. The molecular weight excluding hydrogens is 442 g/mol. The summed E-state index contributed by atoms with van der Waals surface area (Å²) in [4.78, 5) is 28.1. The van der Waals surface area contributed by atoms with Gasteiger partial charge in [0.25, 0.3) is 11.8 Å². The van der Waals surface area contributed by atoms with Crippen LogP contribution in [-0.4, -0.2) is 56.2 Å². The highest BCUT2D eigenvalue weighted by Gasteiger charge is 2.16. The van der Waals surface area contributed by atoms with Crippen LogP contribution in [0.1, 0.15) is 31.8 Å². The molecule has 0 aromatic heterocycles. The number of nitrogens with one attached hydrogen (secondary N) is 2. The normalized spacial score (nSPS) is 13.8. The molecule has 3 aromatic rings. The van der Waals surface area contributed by atoms with Gasteiger partial charge in [-0.1, -0.05) is 36.4 Å². The molecule has 7 heteroatoms. The van der Waals surface area contributed by atoms with Crippen LogP contribution < -0.4 is 15.4 Å². The zero-order valence-electron chi connectivity index (χ0n) is 20.2. The van der Waals surface area contributed by atoms with E-state index in [2.05, 4.69) is 15.5 Å². The average molecular weight is 474 g/mol. The number of anilines is 2. The van der Waals surface area contributed by atoms with Crippen LogP contribution >= 0.6 is 0 Å². The Hall–Kier alpha value is -3.68. The van der Waals surface area contributed by atoms with E-state index in [9.17, 15) is 9.59 Å². The molecule has 1 saturated heterocycles. The van der Waals surface area contributed by atoms with E-state index in [1.807, 2.05) is 50.2 Å². The molecular formula is C28H31N3O4. The van der Waals surface area contributed by atoms with Gasteiger partial charge in [-0.05, 0) is 55.3 Å². The molecule has 1 heterocycles. The number of ether oxygens (including phenoxy) is 2. The van der Waals surface area contributed by atoms with Crippen molar-refractivity contribution in [3.8, 4) is 5.75 Å². The second-order valence-corrected chi connectivity index (χ2v) is 8.55. The number of nitrogens with zero attached hydrogens (tertiary/aromatic N) is 1. The summed E-state index contributed by atoms with van der Waals surface area (Å²) in [6.07, 6.45) is 0. The number of benzene rings is 3. The molecule has 0 unspecified atom stereocenters. The Labute approximate surface area is 206 Å². The fraction of sp³-hybridized carbons (Fsp3) is 0.286. The summed E-state index contributed by atoms with van der Waals surface area (Å²) in [7, 11) is 0. The lowest BCUT2D eigenvalue weighted by molar-refractivity contribution is 0.0323. The third kappa shape index (κ3) is 6.47. The van der Waals surface area contributed by atoms with Gasteiger partial charge in [0.05, 0.1) is 18.9 Å². The van der Waals surface area contributed by atoms with E-state index < -0.39 is 0 Å². The van der Waals surface area contributed by atoms with E-state index in [0.29, 0.717) is 34.9 Å². The Morgan fingerprint density at radius 2 is 1.46 bits per heavy atom. The van der Waals surface area contributed by atoms with E-state index in [1.54, 1.807) is 30.3 Å². The summed E-state index contributed by atoms with van der Waals surface area (Å²) in [5.74, 6) is 0.109. The average Bonchev–Trinajstić information content (AvgIpc) is 2.86. The van der Waals surface area contributed by atoms with Gasteiger partial charge in [0.1, 0.15) is 12.4 Å². The number of carbonyl (C=O) groups is 2. The second kappa shape index (κ2) is 11.6. The highest BCUT2D eigenvalue weighted by Crippen LogP contribution is 2.29. The van der Waals surface area contributed by atoms with E-state index in [0.717, 1.165) is 44.0 Å². The molecule has 1 fully saturated rings. The van der Waals surface area contributed by atoms with Crippen molar-refractivity contribution in [3.63, 3.8) is 0 Å². The molecule has 2 N–H and O–H groups in total. The van der Waals surface area contributed by atoms with Gasteiger partial charge >= 0.3 is 0 Å². The highest BCUT2D eigenvalue weighted by atomic mass is 16.5. The zero-order chi connectivity index (χ0) is 24.6. The van der Waals surface area contributed by atoms with Gasteiger partial charge in [-0.3, -0.25) is 14.5 Å². The smallest absolute Gasteiger partial charge is 0.256 e. The molecule has 3 aromatic carbocycles. The van der Waals surface area contributed by atoms with Crippen LogP contribution in [0.25, 0.3) is 0 Å². The Morgan fingerprint density at radius 3 is 2.09 bits per heavy atom. The molecule has 0 radical (unpaired) electrons. The van der Waals surface area contributed by atoms with Gasteiger partial charge in [0.15, 0.2) is 0 Å². The van der Waals surface area contributed by atoms with Gasteiger partial charge in [-0.15, -0.1) is 0 Å². The summed E-state index contributed by atoms with van der Waals surface area (Å²) < 4.78 is 11.5. The number of aryl methyl sites for hydroxylation is 2. The first kappa shape index (κ1) is 24.4. The molecule has 0 aliphatic carbocycles. The molecule has 2 amide bonds. The van der Waals surface area contributed by atoms with Gasteiger partial charge < -0.3 is 20.1 Å². The van der Waals surface area contributed by atoms with Crippen molar-refractivity contribution in [3.05, 3.63) is 89.0 Å². The number of hydrogen-bond acceptors (Lipinski definition) is 5. The summed E-state index contributed by atoms with van der Waals surface area (Å²) in [6.45, 7) is 8.25. The minimum Gasteiger partial charge on any atom is -0.490 e. The first-order valence-electron chi connectivity index (χ1n) is 11.8. The maximum atomic E-state index is 13.0. The van der Waals surface area contributed by atoms with E-state index >= 15 is 0 Å². The monoisotopic (exact) mass is 473 g/mol. The van der Waals surface area contributed by atoms with Crippen LogP contribution in [0.15, 0.2) is 66.7 Å². The number of carbonyl (C=O) groups excluding carboxylic acids is 2. The second-order valence-electron chi connectivity index (χ2n) is 8.55. The first-order valence-corrected chi connectivity index (χ1v) is 11.8. The highest BCUT2D eigenvalue weighted by molar-refractivity contribution is 6.08. The predicted octanol–water partition coefficient (Wildman–Crippen LogP) is 4.52. The summed E-state index contributed by atoms with van der Waals surface area (Å²) in [5, 5.41) is 5.90. The van der Waals surface area contributed by atoms with Crippen LogP contribution in [-0.2, 0) is 4.74 Å². The van der Waals surface area contributed by atoms with Crippen molar-refractivity contribution >= 4 is 23.2 Å². The molecule has 35 heavy (non-hydrogen) atoms. The van der Waals surface area contributed by atoms with E-state index in [1.165, 1.54) is 0 Å². The van der Waals surface area contributed by atoms with Crippen molar-refractivity contribution in [1.82, 2.24) is 4.90 Å². The summed E-state index contributed by atoms with van der Waals surface area (Å²) in [6, 6.07) is 20.1. The molecule has 0 bridgehead atoms. The lowest BCUT2D eigenvalue weighted by Crippen LogP contribution is -2.38. The SMILES string of the molecule is Cc1ccccc1C(=O)Nc1ccc(OCCN2CCOCC2)c(NC(=O)c2ccccc2C)c1.